The number of rotatable bonds is 3. The lowest BCUT2D eigenvalue weighted by Crippen LogP contribution is -2.34. The topological polar surface area (TPSA) is 3.24 Å². The molecule has 1 aromatic rings. The average Bonchev–Trinajstić information content (AvgIpc) is 3.24. The van der Waals surface area contributed by atoms with E-state index >= 15 is 0 Å². The van der Waals surface area contributed by atoms with Crippen molar-refractivity contribution in [3.8, 4) is 0 Å². The molecule has 0 aromatic heterocycles. The molecule has 1 aliphatic heterocycles. The van der Waals surface area contributed by atoms with Crippen molar-refractivity contribution >= 4 is 28.1 Å². The lowest BCUT2D eigenvalue weighted by atomic mass is 9.92. The van der Waals surface area contributed by atoms with Gasteiger partial charge in [-0.25, -0.2) is 0 Å². The summed E-state index contributed by atoms with van der Waals surface area (Å²) in [5.41, 5.74) is 1.38. The first-order valence-electron chi connectivity index (χ1n) is 6.53. The van der Waals surface area contributed by atoms with Crippen LogP contribution in [0.2, 0.25) is 0 Å². The van der Waals surface area contributed by atoms with E-state index in [9.17, 15) is 0 Å². The number of benzene rings is 1. The molecular weight excluding hydrogens is 246 g/mol. The molecule has 0 unspecified atom stereocenters. The number of nitrogens with zero attached hydrogens (tertiary/aromatic N) is 1. The largest absolute Gasteiger partial charge is 0.372 e. The Labute approximate surface area is 113 Å². The van der Waals surface area contributed by atoms with Crippen molar-refractivity contribution in [2.24, 2.45) is 11.8 Å². The second kappa shape index (κ2) is 5.15. The Morgan fingerprint density at radius 1 is 0.941 bits per heavy atom. The van der Waals surface area contributed by atoms with E-state index < -0.39 is 0 Å². The molecule has 1 heterocycles. The summed E-state index contributed by atoms with van der Waals surface area (Å²) in [5, 5.41) is 0. The summed E-state index contributed by atoms with van der Waals surface area (Å²) in [6, 6.07) is 8.80. The molecule has 1 nitrogen and oxygen atoms in total. The van der Waals surface area contributed by atoms with Gasteiger partial charge in [-0.05, 0) is 61.8 Å². The van der Waals surface area contributed by atoms with E-state index in [1.165, 1.54) is 60.1 Å². The summed E-state index contributed by atoms with van der Waals surface area (Å²) in [6.07, 6.45) is 5.79. The van der Waals surface area contributed by atoms with Crippen molar-refractivity contribution in [1.29, 1.82) is 0 Å². The summed E-state index contributed by atoms with van der Waals surface area (Å²) in [7, 11) is 1.51. The van der Waals surface area contributed by atoms with Crippen LogP contribution in [0.15, 0.2) is 29.2 Å². The van der Waals surface area contributed by atoms with Gasteiger partial charge in [0.1, 0.15) is 0 Å². The molecule has 1 aromatic carbocycles. The third-order valence-corrected chi connectivity index (χ3v) is 5.25. The van der Waals surface area contributed by atoms with E-state index in [0.29, 0.717) is 0 Å². The molecule has 0 radical (unpaired) electrons. The standard InChI is InChI=1S/C14H19NS2/c16-17-14-5-3-13(4-6-14)15-9-7-12(8-10-15)11-1-2-11/h3-6,11-12,16H,1-2,7-10H2. The minimum Gasteiger partial charge on any atom is -0.372 e. The predicted octanol–water partition coefficient (Wildman–Crippen LogP) is 4.25. The minimum atomic E-state index is 1.03. The van der Waals surface area contributed by atoms with Gasteiger partial charge in [-0.3, -0.25) is 0 Å². The van der Waals surface area contributed by atoms with E-state index in [2.05, 4.69) is 40.8 Å². The van der Waals surface area contributed by atoms with E-state index in [1.54, 1.807) is 0 Å². The van der Waals surface area contributed by atoms with Crippen LogP contribution in [0.25, 0.3) is 0 Å². The van der Waals surface area contributed by atoms with Gasteiger partial charge in [0.2, 0.25) is 0 Å². The van der Waals surface area contributed by atoms with Crippen LogP contribution < -0.4 is 4.90 Å². The summed E-state index contributed by atoms with van der Waals surface area (Å²) in [4.78, 5) is 3.76. The van der Waals surface area contributed by atoms with Crippen molar-refractivity contribution in [3.63, 3.8) is 0 Å². The summed E-state index contributed by atoms with van der Waals surface area (Å²) < 4.78 is 0. The van der Waals surface area contributed by atoms with E-state index in [-0.39, 0.29) is 0 Å². The molecule has 1 saturated carbocycles. The van der Waals surface area contributed by atoms with Crippen molar-refractivity contribution in [3.05, 3.63) is 24.3 Å². The van der Waals surface area contributed by atoms with Gasteiger partial charge in [-0.15, -0.1) is 11.7 Å². The molecule has 0 N–H and O–H groups in total. The van der Waals surface area contributed by atoms with E-state index in [4.69, 9.17) is 0 Å². The molecule has 1 saturated heterocycles. The highest BCUT2D eigenvalue weighted by atomic mass is 33.1. The average molecular weight is 265 g/mol. The van der Waals surface area contributed by atoms with Gasteiger partial charge < -0.3 is 4.90 Å². The molecular formula is C14H19NS2. The third kappa shape index (κ3) is 2.76. The highest BCUT2D eigenvalue weighted by Gasteiger charge is 2.33. The molecule has 0 atom stereocenters. The van der Waals surface area contributed by atoms with Crippen LogP contribution in [0.1, 0.15) is 25.7 Å². The highest BCUT2D eigenvalue weighted by Crippen LogP contribution is 2.42. The first-order valence-corrected chi connectivity index (χ1v) is 8.40. The Bertz CT molecular complexity index is 364. The fraction of sp³-hybridized carbons (Fsp3) is 0.571. The third-order valence-electron chi connectivity index (χ3n) is 4.14. The molecule has 3 rings (SSSR count). The summed E-state index contributed by atoms with van der Waals surface area (Å²) in [6.45, 7) is 2.49. The molecule has 92 valence electrons. The zero-order chi connectivity index (χ0) is 11.7. The maximum Gasteiger partial charge on any atom is 0.0366 e. The molecule has 0 spiro atoms. The van der Waals surface area contributed by atoms with Crippen molar-refractivity contribution in [2.75, 3.05) is 18.0 Å². The first kappa shape index (κ1) is 11.8. The smallest absolute Gasteiger partial charge is 0.0366 e. The lowest BCUT2D eigenvalue weighted by Gasteiger charge is -2.33. The van der Waals surface area contributed by atoms with Crippen LogP contribution in [0.5, 0.6) is 0 Å². The Morgan fingerprint density at radius 2 is 1.53 bits per heavy atom. The van der Waals surface area contributed by atoms with Crippen LogP contribution in [0.3, 0.4) is 0 Å². The SMILES string of the molecule is SSc1ccc(N2CCC(C3CC3)CC2)cc1. The Hall–Kier alpha value is -0.280. The monoisotopic (exact) mass is 265 g/mol. The van der Waals surface area contributed by atoms with Gasteiger partial charge in [-0.2, -0.15) is 0 Å². The fourth-order valence-electron chi connectivity index (χ4n) is 2.91. The van der Waals surface area contributed by atoms with Crippen LogP contribution in [-0.4, -0.2) is 13.1 Å². The van der Waals surface area contributed by atoms with Gasteiger partial charge in [0.15, 0.2) is 0 Å². The zero-order valence-corrected chi connectivity index (χ0v) is 11.7. The predicted molar refractivity (Wildman–Crippen MR) is 78.9 cm³/mol. The van der Waals surface area contributed by atoms with Gasteiger partial charge in [0.05, 0.1) is 0 Å². The number of thiol groups is 1. The molecule has 0 amide bonds. The van der Waals surface area contributed by atoms with Gasteiger partial charge >= 0.3 is 0 Å². The Kier molecular flexibility index (Phi) is 3.57. The van der Waals surface area contributed by atoms with Gasteiger partial charge in [0.25, 0.3) is 0 Å². The van der Waals surface area contributed by atoms with Crippen molar-refractivity contribution in [1.82, 2.24) is 0 Å². The van der Waals surface area contributed by atoms with Crippen molar-refractivity contribution in [2.45, 2.75) is 30.6 Å². The first-order chi connectivity index (χ1) is 8.36. The normalized spacial score (nSPS) is 21.8. The lowest BCUT2D eigenvalue weighted by molar-refractivity contribution is 0.363. The van der Waals surface area contributed by atoms with E-state index in [1.807, 2.05) is 0 Å². The summed E-state index contributed by atoms with van der Waals surface area (Å²) in [5.74, 6) is 2.11. The number of anilines is 1. The highest BCUT2D eigenvalue weighted by molar-refractivity contribution is 8.68. The van der Waals surface area contributed by atoms with Crippen molar-refractivity contribution < 1.29 is 0 Å². The van der Waals surface area contributed by atoms with Crippen LogP contribution in [0, 0.1) is 11.8 Å². The molecule has 3 heteroatoms. The molecule has 2 aliphatic rings. The fourth-order valence-corrected chi connectivity index (χ4v) is 3.54. The second-order valence-corrected chi connectivity index (χ2v) is 6.45. The number of hydrogen-bond donors (Lipinski definition) is 1. The van der Waals surface area contributed by atoms with E-state index in [0.717, 1.165) is 11.8 Å². The van der Waals surface area contributed by atoms with Gasteiger partial charge in [-0.1, -0.05) is 10.8 Å². The maximum absolute atomic E-state index is 4.22. The zero-order valence-electron chi connectivity index (χ0n) is 10.0. The van der Waals surface area contributed by atoms with Crippen LogP contribution in [-0.2, 0) is 0 Å². The van der Waals surface area contributed by atoms with Crippen LogP contribution in [0.4, 0.5) is 5.69 Å². The molecule has 17 heavy (non-hydrogen) atoms. The summed E-state index contributed by atoms with van der Waals surface area (Å²) >= 11 is 4.22. The molecule has 0 bridgehead atoms. The number of hydrogen-bond acceptors (Lipinski definition) is 3. The maximum atomic E-state index is 4.22. The number of piperidine rings is 1. The second-order valence-electron chi connectivity index (χ2n) is 5.25. The van der Waals surface area contributed by atoms with Gasteiger partial charge in [0, 0.05) is 23.7 Å². The van der Waals surface area contributed by atoms with Crippen LogP contribution >= 0.6 is 22.5 Å². The molecule has 1 aliphatic carbocycles. The Balaban J connectivity index is 1.60. The quantitative estimate of drug-likeness (QED) is 0.643. The minimum absolute atomic E-state index is 1.03. The Morgan fingerprint density at radius 3 is 2.06 bits per heavy atom. The molecule has 2 fully saturated rings.